The second-order valence-electron chi connectivity index (χ2n) is 4.49. The number of hydrogen-bond donors (Lipinski definition) is 2. The normalized spacial score (nSPS) is 13.5. The second-order valence-corrected chi connectivity index (χ2v) is 7.60. The van der Waals surface area contributed by atoms with Gasteiger partial charge in [-0.15, -0.1) is 0 Å². The molecule has 0 saturated heterocycles. The van der Waals surface area contributed by atoms with E-state index in [4.69, 9.17) is 0 Å². The van der Waals surface area contributed by atoms with Crippen LogP contribution in [0.1, 0.15) is 18.1 Å². The molecule has 20 heavy (non-hydrogen) atoms. The first-order valence-corrected chi connectivity index (χ1v) is 9.00. The molecule has 0 saturated carbocycles. The summed E-state index contributed by atoms with van der Waals surface area (Å²) in [5, 5.41) is 12.3. The van der Waals surface area contributed by atoms with Crippen LogP contribution in [-0.2, 0) is 10.0 Å². The molecule has 108 valence electrons. The molecule has 2 aromatic carbocycles. The van der Waals surface area contributed by atoms with E-state index in [0.29, 0.717) is 6.42 Å². The molecule has 0 aliphatic carbocycles. The molecule has 0 amide bonds. The van der Waals surface area contributed by atoms with Crippen molar-refractivity contribution in [3.05, 3.63) is 48.0 Å². The van der Waals surface area contributed by atoms with E-state index < -0.39 is 16.1 Å². The zero-order valence-electron chi connectivity index (χ0n) is 10.8. The van der Waals surface area contributed by atoms with Gasteiger partial charge in [0.05, 0.1) is 6.10 Å². The van der Waals surface area contributed by atoms with Gasteiger partial charge >= 0.3 is 0 Å². The lowest BCUT2D eigenvalue weighted by molar-refractivity contribution is 0.170. The molecule has 0 aromatic heterocycles. The summed E-state index contributed by atoms with van der Waals surface area (Å²) in [7, 11) is -3.28. The largest absolute Gasteiger partial charge is 0.388 e. The zero-order chi connectivity index (χ0) is 14.6. The van der Waals surface area contributed by atoms with Crippen molar-refractivity contribution in [1.29, 1.82) is 0 Å². The number of rotatable bonds is 6. The summed E-state index contributed by atoms with van der Waals surface area (Å²) in [6, 6.07) is 13.6. The Balaban J connectivity index is 2.10. The SMILES string of the molecule is O=S(=O)(CBr)NCCC(O)c1cccc2ccccc12. The van der Waals surface area contributed by atoms with Crippen molar-refractivity contribution in [3.8, 4) is 0 Å². The highest BCUT2D eigenvalue weighted by Gasteiger charge is 2.13. The van der Waals surface area contributed by atoms with Crippen molar-refractivity contribution in [1.82, 2.24) is 4.72 Å². The van der Waals surface area contributed by atoms with Gasteiger partial charge in [0, 0.05) is 6.54 Å². The third-order valence-corrected chi connectivity index (χ3v) is 5.81. The number of nitrogens with one attached hydrogen (secondary N) is 1. The van der Waals surface area contributed by atoms with Crippen molar-refractivity contribution in [2.75, 3.05) is 11.2 Å². The summed E-state index contributed by atoms with van der Waals surface area (Å²) in [6.07, 6.45) is -0.362. The third-order valence-electron chi connectivity index (χ3n) is 3.07. The first-order chi connectivity index (χ1) is 9.53. The van der Waals surface area contributed by atoms with Crippen LogP contribution in [-0.4, -0.2) is 24.7 Å². The summed E-state index contributed by atoms with van der Waals surface area (Å²) >= 11 is 2.90. The fourth-order valence-electron chi connectivity index (χ4n) is 2.09. The predicted octanol–water partition coefficient (Wildman–Crippen LogP) is 2.54. The van der Waals surface area contributed by atoms with Gasteiger partial charge in [0.2, 0.25) is 10.0 Å². The van der Waals surface area contributed by atoms with Crippen LogP contribution in [0.3, 0.4) is 0 Å². The van der Waals surface area contributed by atoms with Gasteiger partial charge in [-0.1, -0.05) is 58.4 Å². The van der Waals surface area contributed by atoms with Crippen molar-refractivity contribution in [2.24, 2.45) is 0 Å². The van der Waals surface area contributed by atoms with E-state index in [1.54, 1.807) is 0 Å². The molecule has 0 radical (unpaired) electrons. The molecule has 4 nitrogen and oxygen atoms in total. The molecule has 0 fully saturated rings. The molecule has 1 unspecified atom stereocenters. The van der Waals surface area contributed by atoms with Gasteiger partial charge in [0.25, 0.3) is 0 Å². The minimum atomic E-state index is -3.28. The van der Waals surface area contributed by atoms with Crippen LogP contribution in [0, 0.1) is 0 Å². The maximum atomic E-state index is 11.3. The molecule has 6 heteroatoms. The van der Waals surface area contributed by atoms with Gasteiger partial charge in [-0.05, 0) is 22.8 Å². The van der Waals surface area contributed by atoms with Gasteiger partial charge < -0.3 is 5.11 Å². The summed E-state index contributed by atoms with van der Waals surface area (Å²) in [5.74, 6) is 0. The zero-order valence-corrected chi connectivity index (χ0v) is 13.2. The number of hydrogen-bond acceptors (Lipinski definition) is 3. The molecule has 0 spiro atoms. The van der Waals surface area contributed by atoms with Crippen LogP contribution in [0.5, 0.6) is 0 Å². The molecule has 0 aliphatic heterocycles. The quantitative estimate of drug-likeness (QED) is 0.780. The van der Waals surface area contributed by atoms with Crippen molar-refractivity contribution < 1.29 is 13.5 Å². The summed E-state index contributed by atoms with van der Waals surface area (Å²) in [5.41, 5.74) is 0.821. The van der Waals surface area contributed by atoms with E-state index in [1.165, 1.54) is 0 Å². The van der Waals surface area contributed by atoms with E-state index >= 15 is 0 Å². The standard InChI is InChI=1S/C14H16BrNO3S/c15-10-20(18,19)16-9-8-14(17)13-7-3-5-11-4-1-2-6-12(11)13/h1-7,14,16-17H,8-10H2. The van der Waals surface area contributed by atoms with Crippen LogP contribution in [0.25, 0.3) is 10.8 Å². The smallest absolute Gasteiger partial charge is 0.221 e. The maximum Gasteiger partial charge on any atom is 0.221 e. The first kappa shape index (κ1) is 15.4. The number of sulfonamides is 1. The minimum Gasteiger partial charge on any atom is -0.388 e. The van der Waals surface area contributed by atoms with Crippen molar-refractivity contribution in [3.63, 3.8) is 0 Å². The molecular formula is C14H16BrNO3S. The molecule has 2 aromatic rings. The van der Waals surface area contributed by atoms with E-state index in [2.05, 4.69) is 20.7 Å². The Morgan fingerprint density at radius 3 is 2.60 bits per heavy atom. The van der Waals surface area contributed by atoms with Crippen LogP contribution < -0.4 is 4.72 Å². The topological polar surface area (TPSA) is 66.4 Å². The predicted molar refractivity (Wildman–Crippen MR) is 84.2 cm³/mol. The Morgan fingerprint density at radius 2 is 1.85 bits per heavy atom. The molecule has 0 aliphatic rings. The third kappa shape index (κ3) is 3.79. The average molecular weight is 358 g/mol. The highest BCUT2D eigenvalue weighted by molar-refractivity contribution is 9.10. The Morgan fingerprint density at radius 1 is 1.15 bits per heavy atom. The highest BCUT2D eigenvalue weighted by atomic mass is 79.9. The fraction of sp³-hybridized carbons (Fsp3) is 0.286. The lowest BCUT2D eigenvalue weighted by Gasteiger charge is -2.14. The molecular weight excluding hydrogens is 342 g/mol. The summed E-state index contributed by atoms with van der Waals surface area (Å²) in [6.45, 7) is 0.207. The molecule has 2 rings (SSSR count). The lowest BCUT2D eigenvalue weighted by Crippen LogP contribution is -2.26. The molecule has 0 heterocycles. The van der Waals surface area contributed by atoms with Crippen LogP contribution in [0.4, 0.5) is 0 Å². The lowest BCUT2D eigenvalue weighted by atomic mass is 9.99. The van der Waals surface area contributed by atoms with Gasteiger partial charge in [-0.25, -0.2) is 13.1 Å². The minimum absolute atomic E-state index is 0.135. The van der Waals surface area contributed by atoms with Crippen molar-refractivity contribution >= 4 is 36.7 Å². The highest BCUT2D eigenvalue weighted by Crippen LogP contribution is 2.25. The second kappa shape index (κ2) is 6.67. The van der Waals surface area contributed by atoms with Crippen molar-refractivity contribution in [2.45, 2.75) is 12.5 Å². The number of halogens is 1. The first-order valence-electron chi connectivity index (χ1n) is 6.22. The van der Waals surface area contributed by atoms with Gasteiger partial charge in [0.15, 0.2) is 0 Å². The van der Waals surface area contributed by atoms with E-state index in [1.807, 2.05) is 42.5 Å². The van der Waals surface area contributed by atoms with Crippen LogP contribution in [0.15, 0.2) is 42.5 Å². The van der Waals surface area contributed by atoms with E-state index in [9.17, 15) is 13.5 Å². The number of aliphatic hydroxyl groups is 1. The summed E-state index contributed by atoms with van der Waals surface area (Å²) in [4.78, 5) is 0. The molecule has 1 atom stereocenters. The Labute approximate surface area is 127 Å². The Hall–Kier alpha value is -0.950. The van der Waals surface area contributed by atoms with E-state index in [0.717, 1.165) is 16.3 Å². The molecule has 0 bridgehead atoms. The number of aliphatic hydroxyl groups excluding tert-OH is 1. The number of alkyl halides is 1. The van der Waals surface area contributed by atoms with Crippen LogP contribution in [0.2, 0.25) is 0 Å². The average Bonchev–Trinajstić information content (AvgIpc) is 2.46. The van der Waals surface area contributed by atoms with Crippen LogP contribution >= 0.6 is 15.9 Å². The van der Waals surface area contributed by atoms with Gasteiger partial charge in [-0.2, -0.15) is 0 Å². The van der Waals surface area contributed by atoms with E-state index in [-0.39, 0.29) is 11.2 Å². The van der Waals surface area contributed by atoms with Gasteiger partial charge in [-0.3, -0.25) is 0 Å². The van der Waals surface area contributed by atoms with Gasteiger partial charge in [0.1, 0.15) is 4.66 Å². The number of benzene rings is 2. The molecule has 2 N–H and O–H groups in total. The number of fused-ring (bicyclic) bond motifs is 1. The monoisotopic (exact) mass is 357 g/mol. The fourth-order valence-corrected chi connectivity index (χ4v) is 3.08. The Bertz CT molecular complexity index is 682. The Kier molecular flexibility index (Phi) is 5.15. The summed E-state index contributed by atoms with van der Waals surface area (Å²) < 4.78 is 24.9. The maximum absolute atomic E-state index is 11.3.